The standard InChI is InChI=1S/2C7H8O3S.Ca.Mg/c2*1-6-2-4-7(5-3-6)11(8,9)10;;/h2*2-5H,1H3,(H,8,9,10);;/q;;2*+2. The van der Waals surface area contributed by atoms with Gasteiger partial charge in [-0.3, -0.25) is 9.11 Å². The predicted molar refractivity (Wildman–Crippen MR) is 93.5 cm³/mol. The summed E-state index contributed by atoms with van der Waals surface area (Å²) < 4.78 is 59.1. The van der Waals surface area contributed by atoms with E-state index in [1.54, 1.807) is 24.3 Å². The van der Waals surface area contributed by atoms with Gasteiger partial charge in [-0.05, 0) is 38.1 Å². The topological polar surface area (TPSA) is 109 Å². The molecule has 120 valence electrons. The molecule has 0 aliphatic rings. The average Bonchev–Trinajstić information content (AvgIpc) is 2.38. The van der Waals surface area contributed by atoms with Crippen molar-refractivity contribution in [2.45, 2.75) is 23.6 Å². The third-order valence-electron chi connectivity index (χ3n) is 2.64. The second-order valence-corrected chi connectivity index (χ2v) is 7.42. The SMILES string of the molecule is Cc1ccc(S(=O)(=O)O)cc1.Cc1ccc(S(=O)(=O)O)cc1.[Ca+2].[Mg+2]. The Morgan fingerprint density at radius 3 is 1.00 bits per heavy atom. The Balaban J connectivity index is 0. The fraction of sp³-hybridized carbons (Fsp3) is 0.143. The van der Waals surface area contributed by atoms with Crippen LogP contribution >= 0.6 is 0 Å². The first kappa shape index (κ1) is 26.5. The minimum absolute atomic E-state index is 0. The van der Waals surface area contributed by atoms with E-state index in [1.807, 2.05) is 13.8 Å². The second-order valence-electron chi connectivity index (χ2n) is 4.58. The summed E-state index contributed by atoms with van der Waals surface area (Å²) in [7, 11) is -8.04. The van der Waals surface area contributed by atoms with Gasteiger partial charge in [0.05, 0.1) is 9.79 Å². The molecule has 2 rings (SSSR count). The van der Waals surface area contributed by atoms with Gasteiger partial charge in [0.1, 0.15) is 0 Å². The summed E-state index contributed by atoms with van der Waals surface area (Å²) in [6.45, 7) is 3.68. The summed E-state index contributed by atoms with van der Waals surface area (Å²) in [4.78, 5) is -0.133. The van der Waals surface area contributed by atoms with Gasteiger partial charge in [-0.1, -0.05) is 35.4 Å². The molecule has 0 aliphatic carbocycles. The van der Waals surface area contributed by atoms with E-state index in [9.17, 15) is 16.8 Å². The van der Waals surface area contributed by atoms with Crippen molar-refractivity contribution in [2.75, 3.05) is 0 Å². The zero-order chi connectivity index (χ0) is 17.0. The van der Waals surface area contributed by atoms with Crippen molar-refractivity contribution in [3.8, 4) is 0 Å². The molecule has 0 saturated heterocycles. The Morgan fingerprint density at radius 2 is 0.833 bits per heavy atom. The van der Waals surface area contributed by atoms with Crippen LogP contribution in [0.5, 0.6) is 0 Å². The molecule has 0 saturated carbocycles. The summed E-state index contributed by atoms with van der Waals surface area (Å²) in [5, 5.41) is 0. The van der Waals surface area contributed by atoms with E-state index in [2.05, 4.69) is 0 Å². The average molecular weight is 409 g/mol. The van der Waals surface area contributed by atoms with Gasteiger partial charge in [0.25, 0.3) is 20.2 Å². The molecular formula is C14H16CaMgO6S2+4. The van der Waals surface area contributed by atoms with Crippen LogP contribution in [-0.4, -0.2) is 86.7 Å². The molecule has 10 heteroatoms. The van der Waals surface area contributed by atoms with Gasteiger partial charge >= 0.3 is 60.8 Å². The van der Waals surface area contributed by atoms with Crippen LogP contribution in [0.2, 0.25) is 0 Å². The summed E-state index contributed by atoms with van der Waals surface area (Å²) in [5.41, 5.74) is 1.91. The van der Waals surface area contributed by atoms with Gasteiger partial charge in [-0.25, -0.2) is 0 Å². The number of rotatable bonds is 2. The predicted octanol–water partition coefficient (Wildman–Crippen LogP) is 1.72. The molecule has 2 N–H and O–H groups in total. The Morgan fingerprint density at radius 1 is 0.625 bits per heavy atom. The Bertz CT molecular complexity index is 758. The van der Waals surface area contributed by atoms with Crippen molar-refractivity contribution in [3.63, 3.8) is 0 Å². The van der Waals surface area contributed by atoms with Crippen LogP contribution in [-0.2, 0) is 20.2 Å². The molecule has 2 aromatic carbocycles. The maximum atomic E-state index is 10.5. The summed E-state index contributed by atoms with van der Waals surface area (Å²) >= 11 is 0. The van der Waals surface area contributed by atoms with Crippen LogP contribution in [0.1, 0.15) is 11.1 Å². The largest absolute Gasteiger partial charge is 2.00 e. The Hall–Kier alpha value is 0.286. The van der Waals surface area contributed by atoms with Crippen LogP contribution in [0.25, 0.3) is 0 Å². The number of aryl methyl sites for hydroxylation is 2. The van der Waals surface area contributed by atoms with Crippen molar-refractivity contribution >= 4 is 81.0 Å². The fourth-order valence-electron chi connectivity index (χ4n) is 1.42. The molecule has 0 amide bonds. The molecule has 0 unspecified atom stereocenters. The first-order valence-electron chi connectivity index (χ1n) is 6.08. The molecule has 0 atom stereocenters. The van der Waals surface area contributed by atoms with Crippen molar-refractivity contribution in [1.82, 2.24) is 0 Å². The van der Waals surface area contributed by atoms with E-state index in [0.717, 1.165) is 11.1 Å². The molecule has 2 aromatic rings. The number of benzene rings is 2. The van der Waals surface area contributed by atoms with Crippen LogP contribution in [0.4, 0.5) is 0 Å². The van der Waals surface area contributed by atoms with Gasteiger partial charge in [0, 0.05) is 0 Å². The minimum Gasteiger partial charge on any atom is -0.282 e. The number of hydrogen-bond acceptors (Lipinski definition) is 4. The molecule has 0 aromatic heterocycles. The number of hydrogen-bond donors (Lipinski definition) is 2. The molecule has 0 heterocycles. The van der Waals surface area contributed by atoms with Crippen molar-refractivity contribution < 1.29 is 25.9 Å². The first-order chi connectivity index (χ1) is 10.00. The molecule has 0 fully saturated rings. The summed E-state index contributed by atoms with van der Waals surface area (Å²) in [6.07, 6.45) is 0. The quantitative estimate of drug-likeness (QED) is 0.578. The van der Waals surface area contributed by atoms with E-state index in [4.69, 9.17) is 9.11 Å². The van der Waals surface area contributed by atoms with Gasteiger partial charge in [0.15, 0.2) is 0 Å². The van der Waals surface area contributed by atoms with E-state index < -0.39 is 20.2 Å². The molecule has 0 aliphatic heterocycles. The summed E-state index contributed by atoms with van der Waals surface area (Å²) in [6, 6.07) is 12.0. The summed E-state index contributed by atoms with van der Waals surface area (Å²) in [5.74, 6) is 0. The monoisotopic (exact) mass is 408 g/mol. The van der Waals surface area contributed by atoms with Crippen LogP contribution < -0.4 is 0 Å². The van der Waals surface area contributed by atoms with Gasteiger partial charge in [-0.2, -0.15) is 16.8 Å². The molecule has 24 heavy (non-hydrogen) atoms. The minimum atomic E-state index is -4.02. The van der Waals surface area contributed by atoms with Crippen molar-refractivity contribution in [2.24, 2.45) is 0 Å². The Kier molecular flexibility index (Phi) is 12.3. The van der Waals surface area contributed by atoms with Crippen molar-refractivity contribution in [1.29, 1.82) is 0 Å². The Labute approximate surface area is 188 Å². The zero-order valence-electron chi connectivity index (χ0n) is 13.4. The van der Waals surface area contributed by atoms with Crippen LogP contribution in [0, 0.1) is 13.8 Å². The van der Waals surface area contributed by atoms with Crippen LogP contribution in [0.3, 0.4) is 0 Å². The third-order valence-corrected chi connectivity index (χ3v) is 4.37. The normalized spacial score (nSPS) is 10.5. The first-order valence-corrected chi connectivity index (χ1v) is 8.96. The maximum Gasteiger partial charge on any atom is 2.00 e. The maximum absolute atomic E-state index is 10.5. The zero-order valence-corrected chi connectivity index (χ0v) is 18.6. The van der Waals surface area contributed by atoms with E-state index in [-0.39, 0.29) is 70.6 Å². The van der Waals surface area contributed by atoms with Crippen LogP contribution in [0.15, 0.2) is 58.3 Å². The fourth-order valence-corrected chi connectivity index (χ4v) is 2.38. The molecule has 0 spiro atoms. The van der Waals surface area contributed by atoms with Gasteiger partial charge in [0.2, 0.25) is 0 Å². The smallest absolute Gasteiger partial charge is 0.282 e. The second kappa shape index (κ2) is 11.1. The molecular weight excluding hydrogens is 393 g/mol. The van der Waals surface area contributed by atoms with E-state index in [1.165, 1.54) is 24.3 Å². The van der Waals surface area contributed by atoms with E-state index in [0.29, 0.717) is 0 Å². The molecule has 0 bridgehead atoms. The van der Waals surface area contributed by atoms with Gasteiger partial charge in [-0.15, -0.1) is 0 Å². The molecule has 0 radical (unpaired) electrons. The van der Waals surface area contributed by atoms with Gasteiger partial charge < -0.3 is 0 Å². The third kappa shape index (κ3) is 9.69. The van der Waals surface area contributed by atoms with E-state index >= 15 is 0 Å². The van der Waals surface area contributed by atoms with Crippen molar-refractivity contribution in [3.05, 3.63) is 59.7 Å². The molecule has 6 nitrogen and oxygen atoms in total.